The first kappa shape index (κ1) is 34.6. The van der Waals surface area contributed by atoms with Crippen molar-refractivity contribution in [2.75, 3.05) is 26.8 Å². The lowest BCUT2D eigenvalue weighted by Gasteiger charge is -2.25. The van der Waals surface area contributed by atoms with Crippen molar-refractivity contribution in [1.29, 1.82) is 0 Å². The summed E-state index contributed by atoms with van der Waals surface area (Å²) in [7, 11) is 1.52. The van der Waals surface area contributed by atoms with Gasteiger partial charge in [-0.25, -0.2) is 13.5 Å². The Kier molecular flexibility index (Phi) is 11.2. The number of nitrogens with one attached hydrogen (secondary N) is 1. The Balaban J connectivity index is 1.24. The predicted molar refractivity (Wildman–Crippen MR) is 175 cm³/mol. The minimum atomic E-state index is -2.55. The second kappa shape index (κ2) is 15.5. The van der Waals surface area contributed by atoms with Gasteiger partial charge in [0, 0.05) is 60.6 Å². The number of carboxylic acids is 1. The maximum absolute atomic E-state index is 13.6. The molecule has 0 aliphatic heterocycles. The lowest BCUT2D eigenvalue weighted by Crippen LogP contribution is -2.29. The Labute approximate surface area is 278 Å². The van der Waals surface area contributed by atoms with Gasteiger partial charge in [0.25, 0.3) is 11.7 Å². The number of furan rings is 1. The SMILES string of the molecule is CNC(=O)c1c(-c2ccc(F)cc2)oc2cc(CN(CCOCCCc3cccc(C(O)=CC(=O)C(=O)O)c3)S(=O)[O-])c(C3CC3)cc12. The fourth-order valence-corrected chi connectivity index (χ4v) is 5.93. The Morgan fingerprint density at radius 2 is 1.85 bits per heavy atom. The zero-order valence-electron chi connectivity index (χ0n) is 26.1. The number of aryl methyl sites for hydroxylation is 1. The highest BCUT2D eigenvalue weighted by Gasteiger charge is 2.30. The van der Waals surface area contributed by atoms with Gasteiger partial charge in [-0.3, -0.25) is 13.8 Å². The van der Waals surface area contributed by atoms with Crippen LogP contribution in [0.2, 0.25) is 0 Å². The van der Waals surface area contributed by atoms with Gasteiger partial charge in [-0.05, 0) is 90.8 Å². The second-order valence-corrected chi connectivity index (χ2v) is 12.4. The highest BCUT2D eigenvalue weighted by molar-refractivity contribution is 7.76. The van der Waals surface area contributed by atoms with Gasteiger partial charge in [0.1, 0.15) is 22.9 Å². The van der Waals surface area contributed by atoms with E-state index in [1.54, 1.807) is 24.3 Å². The summed E-state index contributed by atoms with van der Waals surface area (Å²) in [5.41, 5.74) is 4.15. The van der Waals surface area contributed by atoms with Crippen molar-refractivity contribution in [3.63, 3.8) is 0 Å². The van der Waals surface area contributed by atoms with Gasteiger partial charge in [0.2, 0.25) is 0 Å². The molecule has 1 amide bonds. The zero-order valence-corrected chi connectivity index (χ0v) is 26.9. The van der Waals surface area contributed by atoms with Crippen LogP contribution >= 0.6 is 0 Å². The number of ether oxygens (including phenoxy) is 1. The van der Waals surface area contributed by atoms with Crippen LogP contribution in [0.25, 0.3) is 28.1 Å². The molecule has 4 aromatic rings. The monoisotopic (exact) mass is 677 g/mol. The number of aliphatic hydroxyl groups excluding tert-OH is 1. The van der Waals surface area contributed by atoms with Crippen molar-refractivity contribution < 1.29 is 46.9 Å². The molecule has 0 radical (unpaired) electrons. The van der Waals surface area contributed by atoms with Gasteiger partial charge < -0.3 is 29.2 Å². The fourth-order valence-electron chi connectivity index (χ4n) is 5.47. The smallest absolute Gasteiger partial charge is 0.376 e. The molecule has 1 atom stereocenters. The van der Waals surface area contributed by atoms with Crippen LogP contribution in [0.3, 0.4) is 0 Å². The lowest BCUT2D eigenvalue weighted by atomic mass is 9.97. The van der Waals surface area contributed by atoms with Crippen molar-refractivity contribution in [2.24, 2.45) is 0 Å². The number of hydrogen-bond donors (Lipinski definition) is 3. The van der Waals surface area contributed by atoms with Crippen molar-refractivity contribution in [2.45, 2.75) is 38.1 Å². The maximum atomic E-state index is 13.6. The Morgan fingerprint density at radius 1 is 1.10 bits per heavy atom. The summed E-state index contributed by atoms with van der Waals surface area (Å²) in [5.74, 6) is -3.56. The van der Waals surface area contributed by atoms with Gasteiger partial charge in [0.15, 0.2) is 0 Å². The summed E-state index contributed by atoms with van der Waals surface area (Å²) >= 11 is -2.55. The Hall–Kier alpha value is -4.69. The van der Waals surface area contributed by atoms with Crippen LogP contribution in [0.4, 0.5) is 4.39 Å². The molecular formula is C35H34FN2O9S-. The van der Waals surface area contributed by atoms with Crippen LogP contribution in [0.1, 0.15) is 57.8 Å². The molecule has 0 saturated heterocycles. The number of halogens is 1. The van der Waals surface area contributed by atoms with E-state index in [1.165, 1.54) is 35.6 Å². The molecule has 1 aliphatic rings. The minimum absolute atomic E-state index is 0.0807. The van der Waals surface area contributed by atoms with E-state index in [-0.39, 0.29) is 31.5 Å². The van der Waals surface area contributed by atoms with Gasteiger partial charge in [0.05, 0.1) is 12.2 Å². The molecular weight excluding hydrogens is 643 g/mol. The van der Waals surface area contributed by atoms with E-state index in [4.69, 9.17) is 14.3 Å². The molecule has 1 aliphatic carbocycles. The molecule has 1 fully saturated rings. The van der Waals surface area contributed by atoms with Crippen LogP contribution in [-0.4, -0.2) is 67.7 Å². The average Bonchev–Trinajstić information content (AvgIpc) is 3.85. The molecule has 1 heterocycles. The second-order valence-electron chi connectivity index (χ2n) is 11.4. The molecule has 1 unspecified atom stereocenters. The summed E-state index contributed by atoms with van der Waals surface area (Å²) in [6.07, 6.45) is 3.70. The number of amides is 1. The normalized spacial score (nSPS) is 14.0. The quantitative estimate of drug-likeness (QED) is 0.0470. The zero-order chi connectivity index (χ0) is 34.4. The van der Waals surface area contributed by atoms with Gasteiger partial charge in [-0.15, -0.1) is 0 Å². The average molecular weight is 678 g/mol. The third kappa shape index (κ3) is 8.42. The van der Waals surface area contributed by atoms with Gasteiger partial charge in [-0.2, -0.15) is 0 Å². The van der Waals surface area contributed by atoms with E-state index in [1.807, 2.05) is 12.1 Å². The first-order valence-electron chi connectivity index (χ1n) is 15.3. The summed E-state index contributed by atoms with van der Waals surface area (Å²) < 4.78 is 51.3. The number of carboxylic acid groups (broad SMARTS) is 1. The van der Waals surface area contributed by atoms with E-state index < -0.39 is 34.6 Å². The number of carbonyl (C=O) groups excluding carboxylic acids is 2. The molecule has 1 saturated carbocycles. The minimum Gasteiger partial charge on any atom is -0.760 e. The third-order valence-electron chi connectivity index (χ3n) is 8.03. The largest absolute Gasteiger partial charge is 0.760 e. The van der Waals surface area contributed by atoms with Crippen molar-refractivity contribution >= 4 is 45.7 Å². The summed E-state index contributed by atoms with van der Waals surface area (Å²) in [5, 5.41) is 22.1. The number of carbonyl (C=O) groups is 3. The highest BCUT2D eigenvalue weighted by Crippen LogP contribution is 2.45. The molecule has 11 nitrogen and oxygen atoms in total. The third-order valence-corrected chi connectivity index (χ3v) is 8.76. The van der Waals surface area contributed by atoms with Crippen molar-refractivity contribution in [3.8, 4) is 11.3 Å². The molecule has 0 spiro atoms. The molecule has 13 heteroatoms. The highest BCUT2D eigenvalue weighted by atomic mass is 32.2. The van der Waals surface area contributed by atoms with Crippen molar-refractivity contribution in [1.82, 2.24) is 9.62 Å². The standard InChI is InChI=1S/C35H35FN2O9S/c1-37-34(41)32-28-18-27(22-7-8-22)25(17-31(28)47-33(32)23-9-11-26(36)12-10-23)20-38(48(44)45)13-15-46-14-3-5-21-4-2-6-24(16-21)29(39)19-30(40)35(42)43/h2,4,6,9-12,16-19,22,39H,3,5,7-8,13-15,20H2,1H3,(H,37,41)(H,42,43)(H,44,45)/p-1. The Bertz CT molecular complexity index is 1880. The fraction of sp³-hybridized carbons (Fsp3) is 0.286. The van der Waals surface area contributed by atoms with Crippen LogP contribution < -0.4 is 5.32 Å². The number of aliphatic carboxylic acids is 1. The molecule has 3 N–H and O–H groups in total. The first-order chi connectivity index (χ1) is 23.0. The number of benzene rings is 3. The van der Waals surface area contributed by atoms with Crippen LogP contribution in [0.15, 0.2) is 71.2 Å². The Morgan fingerprint density at radius 3 is 2.52 bits per heavy atom. The van der Waals surface area contributed by atoms with Gasteiger partial charge in [-0.1, -0.05) is 18.2 Å². The molecule has 1 aromatic heterocycles. The van der Waals surface area contributed by atoms with Gasteiger partial charge >= 0.3 is 5.97 Å². The predicted octanol–water partition coefficient (Wildman–Crippen LogP) is 5.27. The molecule has 0 bridgehead atoms. The van der Waals surface area contributed by atoms with Crippen molar-refractivity contribution in [3.05, 3.63) is 100 Å². The first-order valence-corrected chi connectivity index (χ1v) is 16.4. The van der Waals surface area contributed by atoms with E-state index in [2.05, 4.69) is 5.32 Å². The molecule has 5 rings (SSSR count). The number of nitrogens with zero attached hydrogens (tertiary/aromatic N) is 1. The topological polar surface area (TPSA) is 169 Å². The lowest BCUT2D eigenvalue weighted by molar-refractivity contribution is -0.146. The number of fused-ring (bicyclic) bond motifs is 1. The van der Waals surface area contributed by atoms with E-state index >= 15 is 0 Å². The summed E-state index contributed by atoms with van der Waals surface area (Å²) in [6, 6.07) is 16.1. The van der Waals surface area contributed by atoms with E-state index in [0.29, 0.717) is 58.9 Å². The molecule has 252 valence electrons. The summed E-state index contributed by atoms with van der Waals surface area (Å²) in [4.78, 5) is 35.1. The number of rotatable bonds is 16. The van der Waals surface area contributed by atoms with Crippen LogP contribution in [0.5, 0.6) is 0 Å². The summed E-state index contributed by atoms with van der Waals surface area (Å²) in [6.45, 7) is 0.666. The number of aliphatic hydroxyl groups is 1. The number of hydrogen-bond acceptors (Lipinski definition) is 8. The van der Waals surface area contributed by atoms with E-state index in [0.717, 1.165) is 29.5 Å². The maximum Gasteiger partial charge on any atom is 0.376 e. The van der Waals surface area contributed by atoms with Crippen LogP contribution in [-0.2, 0) is 38.6 Å². The number of ketones is 1. The van der Waals surface area contributed by atoms with Crippen LogP contribution in [0, 0.1) is 5.82 Å². The van der Waals surface area contributed by atoms with E-state index in [9.17, 15) is 32.6 Å². The molecule has 48 heavy (non-hydrogen) atoms. The molecule has 3 aromatic carbocycles.